The van der Waals surface area contributed by atoms with Gasteiger partial charge in [0.2, 0.25) is 11.8 Å². The predicted octanol–water partition coefficient (Wildman–Crippen LogP) is 1.14. The number of ether oxygens (including phenoxy) is 1. The molecule has 7 heteroatoms. The Bertz CT molecular complexity index is 679. The topological polar surface area (TPSA) is 70.2 Å². The maximum Gasteiger partial charge on any atom is 0.320 e. The number of benzene rings is 1. The minimum Gasteiger partial charge on any atom is -0.465 e. The summed E-state index contributed by atoms with van der Waals surface area (Å²) in [6.45, 7) is 5.52. The molecule has 1 aromatic carbocycles. The van der Waals surface area contributed by atoms with Crippen LogP contribution in [0.25, 0.3) is 0 Å². The average molecular weight is 373 g/mol. The van der Waals surface area contributed by atoms with E-state index in [1.165, 1.54) is 0 Å². The number of amides is 2. The van der Waals surface area contributed by atoms with E-state index in [4.69, 9.17) is 4.74 Å². The van der Waals surface area contributed by atoms with Crippen LogP contribution in [0.4, 0.5) is 5.69 Å². The molecule has 0 aliphatic carbocycles. The summed E-state index contributed by atoms with van der Waals surface area (Å²) < 4.78 is 5.00. The Labute approximate surface area is 159 Å². The molecule has 1 aromatic rings. The van der Waals surface area contributed by atoms with E-state index >= 15 is 0 Å². The molecule has 0 radical (unpaired) electrons. The molecule has 2 amide bonds. The lowest BCUT2D eigenvalue weighted by Crippen LogP contribution is -2.40. The normalized spacial score (nSPS) is 21.2. The fourth-order valence-electron chi connectivity index (χ4n) is 3.73. The second-order valence-corrected chi connectivity index (χ2v) is 7.00. The van der Waals surface area contributed by atoms with Gasteiger partial charge in [0.15, 0.2) is 0 Å². The lowest BCUT2D eigenvalue weighted by atomic mass is 10.1. The fraction of sp³-hybridized carbons (Fsp3) is 0.550. The maximum absolute atomic E-state index is 12.9. The van der Waals surface area contributed by atoms with Gasteiger partial charge < -0.3 is 14.5 Å². The molecule has 0 N–H and O–H groups in total. The molecule has 0 aromatic heterocycles. The van der Waals surface area contributed by atoms with Crippen molar-refractivity contribution in [2.24, 2.45) is 5.92 Å². The quantitative estimate of drug-likeness (QED) is 0.724. The van der Waals surface area contributed by atoms with E-state index in [-0.39, 0.29) is 36.7 Å². The Balaban J connectivity index is 1.55. The number of carbonyl (C=O) groups excluding carboxylic acids is 3. The zero-order valence-corrected chi connectivity index (χ0v) is 15.8. The van der Waals surface area contributed by atoms with Crippen LogP contribution in [-0.4, -0.2) is 73.5 Å². The highest BCUT2D eigenvalue weighted by molar-refractivity contribution is 6.00. The van der Waals surface area contributed by atoms with Gasteiger partial charge in [0.05, 0.1) is 19.1 Å². The van der Waals surface area contributed by atoms with Gasteiger partial charge in [0.25, 0.3) is 0 Å². The van der Waals surface area contributed by atoms with Crippen LogP contribution in [0.3, 0.4) is 0 Å². The minimum absolute atomic E-state index is 0.00157. The number of para-hydroxylation sites is 1. The molecule has 0 bridgehead atoms. The lowest BCUT2D eigenvalue weighted by molar-refractivity contribution is -0.144. The second-order valence-electron chi connectivity index (χ2n) is 7.00. The van der Waals surface area contributed by atoms with Gasteiger partial charge in [0.1, 0.15) is 0 Å². The highest BCUT2D eigenvalue weighted by atomic mass is 16.5. The molecule has 2 aliphatic heterocycles. The number of hydrogen-bond acceptors (Lipinski definition) is 5. The molecule has 27 heavy (non-hydrogen) atoms. The Morgan fingerprint density at radius 3 is 2.63 bits per heavy atom. The Morgan fingerprint density at radius 1 is 1.11 bits per heavy atom. The predicted molar refractivity (Wildman–Crippen MR) is 101 cm³/mol. The van der Waals surface area contributed by atoms with E-state index in [1.54, 1.807) is 11.8 Å². The third kappa shape index (κ3) is 4.86. The first-order valence-electron chi connectivity index (χ1n) is 9.60. The number of anilines is 1. The van der Waals surface area contributed by atoms with Gasteiger partial charge in [-0.15, -0.1) is 0 Å². The van der Waals surface area contributed by atoms with E-state index in [1.807, 2.05) is 40.1 Å². The van der Waals surface area contributed by atoms with Gasteiger partial charge in [-0.1, -0.05) is 18.2 Å². The van der Waals surface area contributed by atoms with E-state index in [2.05, 4.69) is 0 Å². The third-order valence-electron chi connectivity index (χ3n) is 5.10. The van der Waals surface area contributed by atoms with E-state index in [0.29, 0.717) is 32.8 Å². The molecule has 146 valence electrons. The van der Waals surface area contributed by atoms with E-state index in [9.17, 15) is 14.4 Å². The standard InChI is InChI=1S/C20H27N3O4/c1-2-27-19(25)15-21-9-6-10-22(12-11-21)20(26)16-13-18(24)23(14-16)17-7-4-3-5-8-17/h3-5,7-8,16H,2,6,9-15H2,1H3. The highest BCUT2D eigenvalue weighted by Crippen LogP contribution is 2.26. The van der Waals surface area contributed by atoms with Gasteiger partial charge in [-0.2, -0.15) is 0 Å². The summed E-state index contributed by atoms with van der Waals surface area (Å²) in [7, 11) is 0. The van der Waals surface area contributed by atoms with Gasteiger partial charge in [-0.3, -0.25) is 19.3 Å². The number of rotatable bonds is 5. The second kappa shape index (κ2) is 8.99. The lowest BCUT2D eigenvalue weighted by Gasteiger charge is -2.24. The van der Waals surface area contributed by atoms with Crippen molar-refractivity contribution in [3.63, 3.8) is 0 Å². The summed E-state index contributed by atoms with van der Waals surface area (Å²) in [4.78, 5) is 42.6. The third-order valence-corrected chi connectivity index (χ3v) is 5.10. The summed E-state index contributed by atoms with van der Waals surface area (Å²) >= 11 is 0. The first-order chi connectivity index (χ1) is 13.1. The SMILES string of the molecule is CCOC(=O)CN1CCCN(C(=O)C2CC(=O)N(c3ccccc3)C2)CC1. The molecule has 2 heterocycles. The highest BCUT2D eigenvalue weighted by Gasteiger charge is 2.37. The van der Waals surface area contributed by atoms with Crippen molar-refractivity contribution in [2.75, 3.05) is 50.8 Å². The van der Waals surface area contributed by atoms with Crippen LogP contribution in [-0.2, 0) is 19.1 Å². The van der Waals surface area contributed by atoms with E-state index < -0.39 is 0 Å². The van der Waals surface area contributed by atoms with Crippen molar-refractivity contribution in [1.82, 2.24) is 9.80 Å². The van der Waals surface area contributed by atoms with Gasteiger partial charge in [-0.25, -0.2) is 0 Å². The first kappa shape index (κ1) is 19.4. The van der Waals surface area contributed by atoms with Crippen LogP contribution < -0.4 is 4.90 Å². The first-order valence-corrected chi connectivity index (χ1v) is 9.60. The number of hydrogen-bond donors (Lipinski definition) is 0. The summed E-state index contributed by atoms with van der Waals surface area (Å²) in [5.41, 5.74) is 0.842. The largest absolute Gasteiger partial charge is 0.465 e. The zero-order chi connectivity index (χ0) is 19.2. The smallest absolute Gasteiger partial charge is 0.320 e. The monoisotopic (exact) mass is 373 g/mol. The van der Waals surface area contributed by atoms with Crippen molar-refractivity contribution < 1.29 is 19.1 Å². The molecule has 2 saturated heterocycles. The zero-order valence-electron chi connectivity index (χ0n) is 15.8. The Hall–Kier alpha value is -2.41. The molecular weight excluding hydrogens is 346 g/mol. The van der Waals surface area contributed by atoms with Crippen LogP contribution in [0.5, 0.6) is 0 Å². The molecule has 7 nitrogen and oxygen atoms in total. The molecule has 3 rings (SSSR count). The van der Waals surface area contributed by atoms with Crippen LogP contribution in [0.1, 0.15) is 19.8 Å². The summed E-state index contributed by atoms with van der Waals surface area (Å²) in [5, 5.41) is 0. The molecule has 2 aliphatic rings. The van der Waals surface area contributed by atoms with Crippen molar-refractivity contribution in [2.45, 2.75) is 19.8 Å². The summed E-state index contributed by atoms with van der Waals surface area (Å²) in [6.07, 6.45) is 1.07. The fourth-order valence-corrected chi connectivity index (χ4v) is 3.73. The molecule has 1 unspecified atom stereocenters. The maximum atomic E-state index is 12.9. The van der Waals surface area contributed by atoms with E-state index in [0.717, 1.165) is 18.7 Å². The van der Waals surface area contributed by atoms with Gasteiger partial charge >= 0.3 is 5.97 Å². The van der Waals surface area contributed by atoms with Gasteiger partial charge in [0, 0.05) is 44.8 Å². The summed E-state index contributed by atoms with van der Waals surface area (Å²) in [6, 6.07) is 9.48. The number of carbonyl (C=O) groups is 3. The Morgan fingerprint density at radius 2 is 1.89 bits per heavy atom. The molecule has 2 fully saturated rings. The average Bonchev–Trinajstić information content (AvgIpc) is 2.90. The van der Waals surface area contributed by atoms with Crippen molar-refractivity contribution in [3.05, 3.63) is 30.3 Å². The minimum atomic E-state index is -0.297. The molecule has 1 atom stereocenters. The van der Waals surface area contributed by atoms with Crippen LogP contribution in [0.2, 0.25) is 0 Å². The number of esters is 1. The number of nitrogens with zero attached hydrogens (tertiary/aromatic N) is 3. The van der Waals surface area contributed by atoms with Crippen molar-refractivity contribution in [3.8, 4) is 0 Å². The van der Waals surface area contributed by atoms with Crippen LogP contribution in [0.15, 0.2) is 30.3 Å². The Kier molecular flexibility index (Phi) is 6.45. The van der Waals surface area contributed by atoms with Gasteiger partial charge in [-0.05, 0) is 25.5 Å². The molecule has 0 spiro atoms. The van der Waals surface area contributed by atoms with Crippen LogP contribution in [0, 0.1) is 5.92 Å². The van der Waals surface area contributed by atoms with Crippen molar-refractivity contribution >= 4 is 23.5 Å². The van der Waals surface area contributed by atoms with Crippen LogP contribution >= 0.6 is 0 Å². The molecular formula is C20H27N3O4. The molecule has 0 saturated carbocycles. The van der Waals surface area contributed by atoms with Crippen molar-refractivity contribution in [1.29, 1.82) is 0 Å². The summed E-state index contributed by atoms with van der Waals surface area (Å²) in [5.74, 6) is -0.482.